The molecule has 3 nitrogen and oxygen atoms in total. The Morgan fingerprint density at radius 3 is 2.42 bits per heavy atom. The summed E-state index contributed by atoms with van der Waals surface area (Å²) in [6.07, 6.45) is 0. The van der Waals surface area contributed by atoms with E-state index in [2.05, 4.69) is 31.9 Å². The van der Waals surface area contributed by atoms with Crippen molar-refractivity contribution in [1.82, 2.24) is 0 Å². The van der Waals surface area contributed by atoms with Crippen LogP contribution in [0.2, 0.25) is 0 Å². The van der Waals surface area contributed by atoms with Gasteiger partial charge >= 0.3 is 0 Å². The highest BCUT2D eigenvalue weighted by Gasteiger charge is 2.21. The van der Waals surface area contributed by atoms with Crippen LogP contribution in [0.25, 0.3) is 0 Å². The van der Waals surface area contributed by atoms with E-state index in [4.69, 9.17) is 15.2 Å². The van der Waals surface area contributed by atoms with Crippen molar-refractivity contribution in [1.29, 1.82) is 0 Å². The van der Waals surface area contributed by atoms with E-state index in [9.17, 15) is 0 Å². The molecular formula is C13H11Br2NO2S. The summed E-state index contributed by atoms with van der Waals surface area (Å²) in [4.78, 5) is 1.09. The molecule has 0 radical (unpaired) electrons. The van der Waals surface area contributed by atoms with Crippen molar-refractivity contribution < 1.29 is 9.47 Å². The average Bonchev–Trinajstić information content (AvgIpc) is 2.83. The molecule has 6 heteroatoms. The molecule has 0 saturated carbocycles. The monoisotopic (exact) mass is 403 g/mol. The molecule has 2 heterocycles. The zero-order chi connectivity index (χ0) is 13.4. The van der Waals surface area contributed by atoms with E-state index in [1.165, 1.54) is 0 Å². The highest BCUT2D eigenvalue weighted by Crippen LogP contribution is 2.40. The Balaban J connectivity index is 2.03. The van der Waals surface area contributed by atoms with Gasteiger partial charge in [0.2, 0.25) is 0 Å². The SMILES string of the molecule is NC(c1cc2c(cc1Br)OCCO2)c1sccc1Br. The fourth-order valence-corrected chi connectivity index (χ4v) is 4.19. The maximum Gasteiger partial charge on any atom is 0.162 e. The number of ether oxygens (including phenoxy) is 2. The lowest BCUT2D eigenvalue weighted by Crippen LogP contribution is -2.17. The summed E-state index contributed by atoms with van der Waals surface area (Å²) in [7, 11) is 0. The molecular weight excluding hydrogens is 394 g/mol. The predicted molar refractivity (Wildman–Crippen MR) is 83.2 cm³/mol. The largest absolute Gasteiger partial charge is 0.486 e. The molecule has 2 aromatic rings. The molecule has 0 bridgehead atoms. The Labute approximate surface area is 132 Å². The molecule has 1 unspecified atom stereocenters. The van der Waals surface area contributed by atoms with Crippen LogP contribution in [0.5, 0.6) is 11.5 Å². The van der Waals surface area contributed by atoms with Gasteiger partial charge in [-0.25, -0.2) is 0 Å². The van der Waals surface area contributed by atoms with E-state index in [1.54, 1.807) is 11.3 Å². The van der Waals surface area contributed by atoms with E-state index in [0.29, 0.717) is 13.2 Å². The van der Waals surface area contributed by atoms with Crippen LogP contribution in [0.15, 0.2) is 32.5 Å². The number of fused-ring (bicyclic) bond motifs is 1. The third-order valence-corrected chi connectivity index (χ3v) is 5.56. The molecule has 2 N–H and O–H groups in total. The number of hydrogen-bond donors (Lipinski definition) is 1. The second kappa shape index (κ2) is 5.44. The highest BCUT2D eigenvalue weighted by molar-refractivity contribution is 9.10. The van der Waals surface area contributed by atoms with Crippen LogP contribution in [0.1, 0.15) is 16.5 Å². The van der Waals surface area contributed by atoms with Crippen molar-refractivity contribution in [3.8, 4) is 11.5 Å². The lowest BCUT2D eigenvalue weighted by Gasteiger charge is -2.21. The fraction of sp³-hybridized carbons (Fsp3) is 0.231. The quantitative estimate of drug-likeness (QED) is 0.819. The molecule has 3 rings (SSSR count). The maximum atomic E-state index is 6.35. The fourth-order valence-electron chi connectivity index (χ4n) is 1.99. The standard InChI is InChI=1S/C13H11Br2NO2S/c14-8-1-4-19-13(8)12(16)7-5-10-11(6-9(7)15)18-3-2-17-10/h1,4-6,12H,2-3,16H2. The number of nitrogens with two attached hydrogens (primary N) is 1. The lowest BCUT2D eigenvalue weighted by molar-refractivity contribution is 0.171. The third kappa shape index (κ3) is 2.54. The van der Waals surface area contributed by atoms with Gasteiger partial charge in [0.1, 0.15) is 13.2 Å². The topological polar surface area (TPSA) is 44.5 Å². The first-order valence-electron chi connectivity index (χ1n) is 5.74. The van der Waals surface area contributed by atoms with Crippen molar-refractivity contribution >= 4 is 43.2 Å². The van der Waals surface area contributed by atoms with E-state index in [0.717, 1.165) is 30.9 Å². The Kier molecular flexibility index (Phi) is 3.84. The van der Waals surface area contributed by atoms with E-state index in [1.807, 2.05) is 23.6 Å². The zero-order valence-electron chi connectivity index (χ0n) is 9.86. The number of thiophene rings is 1. The zero-order valence-corrected chi connectivity index (χ0v) is 13.8. The average molecular weight is 405 g/mol. The molecule has 0 amide bonds. The van der Waals surface area contributed by atoms with E-state index in [-0.39, 0.29) is 6.04 Å². The van der Waals surface area contributed by atoms with Crippen molar-refractivity contribution in [3.63, 3.8) is 0 Å². The molecule has 100 valence electrons. The van der Waals surface area contributed by atoms with Gasteiger partial charge in [-0.05, 0) is 45.1 Å². The summed E-state index contributed by atoms with van der Waals surface area (Å²) in [6.45, 7) is 1.16. The van der Waals surface area contributed by atoms with Crippen LogP contribution < -0.4 is 15.2 Å². The second-order valence-electron chi connectivity index (χ2n) is 4.13. The minimum absolute atomic E-state index is 0.195. The summed E-state index contributed by atoms with van der Waals surface area (Å²) in [5.41, 5.74) is 7.34. The molecule has 1 atom stereocenters. The molecule has 1 aromatic carbocycles. The smallest absolute Gasteiger partial charge is 0.162 e. The molecule has 0 spiro atoms. The summed E-state index contributed by atoms with van der Waals surface area (Å²) < 4.78 is 13.1. The van der Waals surface area contributed by atoms with Crippen molar-refractivity contribution in [2.45, 2.75) is 6.04 Å². The third-order valence-electron chi connectivity index (χ3n) is 2.92. The number of rotatable bonds is 2. The van der Waals surface area contributed by atoms with Gasteiger partial charge in [0.05, 0.1) is 6.04 Å². The Bertz CT molecular complexity index is 615. The first-order chi connectivity index (χ1) is 9.16. The van der Waals surface area contributed by atoms with Gasteiger partial charge in [-0.2, -0.15) is 0 Å². The summed E-state index contributed by atoms with van der Waals surface area (Å²) >= 11 is 8.72. The number of benzene rings is 1. The van der Waals surface area contributed by atoms with Gasteiger partial charge in [-0.3, -0.25) is 0 Å². The molecule has 1 aromatic heterocycles. The molecule has 1 aliphatic heterocycles. The van der Waals surface area contributed by atoms with Gasteiger partial charge < -0.3 is 15.2 Å². The molecule has 0 saturated heterocycles. The highest BCUT2D eigenvalue weighted by atomic mass is 79.9. The minimum Gasteiger partial charge on any atom is -0.486 e. The predicted octanol–water partition coefficient (Wildman–Crippen LogP) is 4.09. The number of halogens is 2. The Morgan fingerprint density at radius 2 is 1.79 bits per heavy atom. The van der Waals surface area contributed by atoms with Crippen LogP contribution in [0.3, 0.4) is 0 Å². The van der Waals surface area contributed by atoms with Gasteiger partial charge in [0.25, 0.3) is 0 Å². The van der Waals surface area contributed by atoms with Crippen molar-refractivity contribution in [2.75, 3.05) is 13.2 Å². The van der Waals surface area contributed by atoms with Crippen LogP contribution in [-0.2, 0) is 0 Å². The lowest BCUT2D eigenvalue weighted by atomic mass is 10.1. The van der Waals surface area contributed by atoms with E-state index >= 15 is 0 Å². The van der Waals surface area contributed by atoms with Crippen molar-refractivity contribution in [3.05, 3.63) is 43.0 Å². The molecule has 0 aliphatic carbocycles. The van der Waals surface area contributed by atoms with Crippen LogP contribution in [-0.4, -0.2) is 13.2 Å². The maximum absolute atomic E-state index is 6.35. The Hall–Kier alpha value is -0.560. The van der Waals surface area contributed by atoms with E-state index < -0.39 is 0 Å². The molecule has 1 aliphatic rings. The first-order valence-corrected chi connectivity index (χ1v) is 8.21. The first kappa shape index (κ1) is 13.4. The molecule has 19 heavy (non-hydrogen) atoms. The van der Waals surface area contributed by atoms with Crippen LogP contribution in [0, 0.1) is 0 Å². The summed E-state index contributed by atoms with van der Waals surface area (Å²) in [5, 5.41) is 2.02. The molecule has 0 fully saturated rings. The van der Waals surface area contributed by atoms with Crippen molar-refractivity contribution in [2.24, 2.45) is 5.73 Å². The minimum atomic E-state index is -0.195. The number of hydrogen-bond acceptors (Lipinski definition) is 4. The summed E-state index contributed by atoms with van der Waals surface area (Å²) in [6, 6.07) is 5.69. The normalized spacial score (nSPS) is 15.3. The second-order valence-corrected chi connectivity index (χ2v) is 6.78. The van der Waals surface area contributed by atoms with Crippen LogP contribution >= 0.6 is 43.2 Å². The summed E-state index contributed by atoms with van der Waals surface area (Å²) in [5.74, 6) is 1.52. The Morgan fingerprint density at radius 1 is 1.11 bits per heavy atom. The van der Waals surface area contributed by atoms with Crippen LogP contribution in [0.4, 0.5) is 0 Å². The van der Waals surface area contributed by atoms with Gasteiger partial charge in [-0.15, -0.1) is 11.3 Å². The van der Waals surface area contributed by atoms with Gasteiger partial charge in [0.15, 0.2) is 11.5 Å². The van der Waals surface area contributed by atoms with Gasteiger partial charge in [-0.1, -0.05) is 15.9 Å². The van der Waals surface area contributed by atoms with Gasteiger partial charge in [0, 0.05) is 13.8 Å².